The quantitative estimate of drug-likeness (QED) is 0.623. The third kappa shape index (κ3) is 3.19. The maximum Gasteiger partial charge on any atom is 0.425 e. The first-order chi connectivity index (χ1) is 6.31. The van der Waals surface area contributed by atoms with E-state index in [2.05, 4.69) is 0 Å². The summed E-state index contributed by atoms with van der Waals surface area (Å²) in [5.74, 6) is -5.91. The molecule has 0 aromatic rings. The van der Waals surface area contributed by atoms with Crippen LogP contribution in [0, 0.1) is 0 Å². The molecule has 0 aliphatic heterocycles. The zero-order chi connectivity index (χ0) is 12.7. The van der Waals surface area contributed by atoms with Crippen LogP contribution < -0.4 is 0 Å². The van der Waals surface area contributed by atoms with Crippen LogP contribution >= 0.6 is 0 Å². The van der Waals surface area contributed by atoms with Gasteiger partial charge in [0.05, 0.1) is 0 Å². The Morgan fingerprint density at radius 2 is 1.33 bits per heavy atom. The Hall–Kier alpha value is -0.580. The van der Waals surface area contributed by atoms with E-state index in [0.29, 0.717) is 0 Å². The summed E-state index contributed by atoms with van der Waals surface area (Å²) in [4.78, 5) is 0. The van der Waals surface area contributed by atoms with Crippen LogP contribution in [0.15, 0.2) is 0 Å². The molecule has 0 spiro atoms. The molecule has 0 aliphatic carbocycles. The van der Waals surface area contributed by atoms with Gasteiger partial charge in [0, 0.05) is 0 Å². The topological polar surface area (TPSA) is 54.4 Å². The molecule has 2 unspecified atom stereocenters. The zero-order valence-corrected chi connectivity index (χ0v) is 7.29. The fraction of sp³-hybridized carbons (Fsp3) is 1.00. The van der Waals surface area contributed by atoms with Gasteiger partial charge in [-0.3, -0.25) is 4.55 Å². The molecule has 0 saturated carbocycles. The lowest BCUT2D eigenvalue weighted by molar-refractivity contribution is -0.251. The molecular formula is C4H3F7O3S. The van der Waals surface area contributed by atoms with Crippen molar-refractivity contribution in [2.24, 2.45) is 0 Å². The molecular weight excluding hydrogens is 261 g/mol. The van der Waals surface area contributed by atoms with Crippen LogP contribution in [0.3, 0.4) is 0 Å². The van der Waals surface area contributed by atoms with Gasteiger partial charge < -0.3 is 0 Å². The van der Waals surface area contributed by atoms with Crippen molar-refractivity contribution < 1.29 is 43.7 Å². The summed E-state index contributed by atoms with van der Waals surface area (Å²) < 4.78 is 110. The van der Waals surface area contributed by atoms with Gasteiger partial charge in [-0.15, -0.1) is 0 Å². The summed E-state index contributed by atoms with van der Waals surface area (Å²) in [5.41, 5.74) is -4.68. The highest BCUT2D eigenvalue weighted by molar-refractivity contribution is 7.86. The first-order valence-corrected chi connectivity index (χ1v) is 4.50. The molecule has 0 rings (SSSR count). The maximum absolute atomic E-state index is 12.2. The third-order valence-electron chi connectivity index (χ3n) is 1.19. The second-order valence-electron chi connectivity index (χ2n) is 2.41. The molecule has 92 valence electrons. The molecule has 0 amide bonds. The smallest absolute Gasteiger partial charge is 0.283 e. The largest absolute Gasteiger partial charge is 0.425 e. The molecule has 15 heavy (non-hydrogen) atoms. The molecule has 0 aliphatic rings. The van der Waals surface area contributed by atoms with Crippen LogP contribution in [0.1, 0.15) is 0 Å². The lowest BCUT2D eigenvalue weighted by Gasteiger charge is -2.23. The fourth-order valence-corrected chi connectivity index (χ4v) is 1.05. The minimum Gasteiger partial charge on any atom is -0.283 e. The van der Waals surface area contributed by atoms with E-state index in [9.17, 15) is 39.2 Å². The lowest BCUT2D eigenvalue weighted by atomic mass is 10.2. The van der Waals surface area contributed by atoms with Crippen molar-refractivity contribution in [1.29, 1.82) is 0 Å². The number of halogens is 7. The average Bonchev–Trinajstić information content (AvgIpc) is 1.98. The minimum absolute atomic E-state index is 4.68. The van der Waals surface area contributed by atoms with Gasteiger partial charge >= 0.3 is 22.2 Å². The van der Waals surface area contributed by atoms with Crippen molar-refractivity contribution >= 4 is 10.1 Å². The summed E-state index contributed by atoms with van der Waals surface area (Å²) in [7, 11) is -6.12. The summed E-state index contributed by atoms with van der Waals surface area (Å²) in [6, 6.07) is 0. The Kier molecular flexibility index (Phi) is 3.63. The van der Waals surface area contributed by atoms with Gasteiger partial charge in [0.2, 0.25) is 0 Å². The Balaban J connectivity index is 5.16. The minimum atomic E-state index is -6.14. The standard InChI is InChI=1S/C4H3F7O3S/c5-1(4(9,10)11)3(7,8)2(6)15(12,13)14/h1-2H,(H,12,13,14). The Morgan fingerprint density at radius 3 is 1.53 bits per heavy atom. The fourth-order valence-electron chi connectivity index (χ4n) is 0.532. The van der Waals surface area contributed by atoms with Crippen molar-refractivity contribution in [3.63, 3.8) is 0 Å². The molecule has 3 nitrogen and oxygen atoms in total. The predicted octanol–water partition coefficient (Wildman–Crippen LogP) is 1.71. The Morgan fingerprint density at radius 1 is 1.00 bits per heavy atom. The van der Waals surface area contributed by atoms with Crippen molar-refractivity contribution in [1.82, 2.24) is 0 Å². The first-order valence-electron chi connectivity index (χ1n) is 3.00. The van der Waals surface area contributed by atoms with E-state index in [0.717, 1.165) is 0 Å². The van der Waals surface area contributed by atoms with Gasteiger partial charge in [-0.05, 0) is 0 Å². The summed E-state index contributed by atoms with van der Waals surface area (Å²) in [6.45, 7) is 0. The maximum atomic E-state index is 12.2. The monoisotopic (exact) mass is 264 g/mol. The van der Waals surface area contributed by atoms with Crippen molar-refractivity contribution in [2.45, 2.75) is 23.8 Å². The number of alkyl halides is 7. The van der Waals surface area contributed by atoms with E-state index in [1.54, 1.807) is 0 Å². The summed E-state index contributed by atoms with van der Waals surface area (Å²) in [6.07, 6.45) is -11.2. The van der Waals surface area contributed by atoms with E-state index >= 15 is 0 Å². The van der Waals surface area contributed by atoms with Gasteiger partial charge in [0.15, 0.2) is 0 Å². The lowest BCUT2D eigenvalue weighted by Crippen LogP contribution is -2.50. The second kappa shape index (κ2) is 3.77. The highest BCUT2D eigenvalue weighted by atomic mass is 32.2. The van der Waals surface area contributed by atoms with Crippen molar-refractivity contribution in [2.75, 3.05) is 0 Å². The van der Waals surface area contributed by atoms with Crippen LogP contribution in [-0.4, -0.2) is 36.7 Å². The third-order valence-corrected chi connectivity index (χ3v) is 2.03. The van der Waals surface area contributed by atoms with E-state index in [4.69, 9.17) is 4.55 Å². The van der Waals surface area contributed by atoms with Gasteiger partial charge in [-0.1, -0.05) is 0 Å². The number of hydrogen-bond donors (Lipinski definition) is 1. The zero-order valence-electron chi connectivity index (χ0n) is 6.47. The molecule has 0 heterocycles. The van der Waals surface area contributed by atoms with E-state index in [1.165, 1.54) is 0 Å². The van der Waals surface area contributed by atoms with Crippen molar-refractivity contribution in [3.8, 4) is 0 Å². The molecule has 0 aromatic heterocycles. The molecule has 2 atom stereocenters. The van der Waals surface area contributed by atoms with E-state index in [1.807, 2.05) is 0 Å². The molecule has 0 bridgehead atoms. The second-order valence-corrected chi connectivity index (χ2v) is 3.85. The number of hydrogen-bond acceptors (Lipinski definition) is 2. The SMILES string of the molecule is O=S(=O)(O)C(F)C(F)(F)C(F)C(F)(F)F. The molecule has 0 fully saturated rings. The Bertz CT molecular complexity index is 320. The van der Waals surface area contributed by atoms with Crippen LogP contribution in [0.5, 0.6) is 0 Å². The number of rotatable bonds is 3. The van der Waals surface area contributed by atoms with E-state index < -0.39 is 33.9 Å². The van der Waals surface area contributed by atoms with Gasteiger partial charge in [0.25, 0.3) is 11.7 Å². The first kappa shape index (κ1) is 14.4. The molecule has 0 radical (unpaired) electrons. The van der Waals surface area contributed by atoms with Gasteiger partial charge in [-0.25, -0.2) is 8.78 Å². The summed E-state index contributed by atoms with van der Waals surface area (Å²) >= 11 is 0. The highest BCUT2D eigenvalue weighted by Gasteiger charge is 2.64. The summed E-state index contributed by atoms with van der Waals surface area (Å²) in [5, 5.41) is 0. The van der Waals surface area contributed by atoms with Crippen LogP contribution in [0.2, 0.25) is 0 Å². The highest BCUT2D eigenvalue weighted by Crippen LogP contribution is 2.39. The molecule has 0 saturated heterocycles. The van der Waals surface area contributed by atoms with Crippen molar-refractivity contribution in [3.05, 3.63) is 0 Å². The molecule has 0 aromatic carbocycles. The average molecular weight is 264 g/mol. The predicted molar refractivity (Wildman–Crippen MR) is 32.3 cm³/mol. The normalized spacial score (nSPS) is 18.7. The van der Waals surface area contributed by atoms with Gasteiger partial charge in [-0.2, -0.15) is 30.4 Å². The Labute approximate surface area is 78.6 Å². The van der Waals surface area contributed by atoms with Crippen LogP contribution in [-0.2, 0) is 10.1 Å². The van der Waals surface area contributed by atoms with Crippen LogP contribution in [0.25, 0.3) is 0 Å². The van der Waals surface area contributed by atoms with Gasteiger partial charge in [0.1, 0.15) is 0 Å². The van der Waals surface area contributed by atoms with Crippen LogP contribution in [0.4, 0.5) is 30.7 Å². The molecule has 11 heteroatoms. The molecule has 1 N–H and O–H groups in total. The van der Waals surface area contributed by atoms with E-state index in [-0.39, 0.29) is 0 Å².